The molecule has 7 nitrogen and oxygen atoms in total. The molecule has 3 rings (SSSR count). The smallest absolute Gasteiger partial charge is 0.191 e. The maximum Gasteiger partial charge on any atom is 0.191 e. The molecule has 0 bridgehead atoms. The number of nitrogens with one attached hydrogen (secondary N) is 2. The maximum absolute atomic E-state index is 14.7. The fraction of sp³-hybridized carbons (Fsp3) is 0.458. The highest BCUT2D eigenvalue weighted by atomic mass is 127. The van der Waals surface area contributed by atoms with Crippen molar-refractivity contribution >= 4 is 35.6 Å². The molecule has 0 saturated carbocycles. The van der Waals surface area contributed by atoms with Gasteiger partial charge in [-0.1, -0.05) is 6.07 Å². The number of hydrogen-bond acceptors (Lipinski definition) is 5. The van der Waals surface area contributed by atoms with Crippen molar-refractivity contribution in [3.8, 4) is 11.5 Å². The summed E-state index contributed by atoms with van der Waals surface area (Å²) < 4.78 is 25.4. The molecular weight excluding hydrogens is 538 g/mol. The van der Waals surface area contributed by atoms with Crippen LogP contribution >= 0.6 is 24.0 Å². The average molecular weight is 572 g/mol. The van der Waals surface area contributed by atoms with Crippen molar-refractivity contribution in [2.45, 2.75) is 39.0 Å². The summed E-state index contributed by atoms with van der Waals surface area (Å²) in [6.07, 6.45) is 1.06. The zero-order valence-electron chi connectivity index (χ0n) is 19.4. The summed E-state index contributed by atoms with van der Waals surface area (Å²) in [5.41, 5.74) is 2.35. The summed E-state index contributed by atoms with van der Waals surface area (Å²) in [6.45, 7) is 4.91. The van der Waals surface area contributed by atoms with Crippen LogP contribution in [0.3, 0.4) is 0 Å². The molecule has 0 atom stereocenters. The molecule has 182 valence electrons. The van der Waals surface area contributed by atoms with Gasteiger partial charge in [-0.2, -0.15) is 0 Å². The van der Waals surface area contributed by atoms with E-state index in [2.05, 4.69) is 15.6 Å². The van der Waals surface area contributed by atoms with Crippen molar-refractivity contribution in [3.05, 3.63) is 53.3 Å². The molecule has 1 heterocycles. The predicted molar refractivity (Wildman–Crippen MR) is 140 cm³/mol. The number of hydrogen-bond donors (Lipinski definition) is 3. The number of aliphatic hydroxyl groups is 1. The number of nitrogens with zero attached hydrogens (tertiary/aromatic N) is 2. The highest BCUT2D eigenvalue weighted by Gasteiger charge is 2.19. The minimum atomic E-state index is -0.280. The van der Waals surface area contributed by atoms with Gasteiger partial charge in [-0.15, -0.1) is 24.0 Å². The van der Waals surface area contributed by atoms with Gasteiger partial charge in [0.2, 0.25) is 0 Å². The van der Waals surface area contributed by atoms with E-state index in [1.165, 1.54) is 0 Å². The molecular formula is C24H34FIN4O3. The third kappa shape index (κ3) is 7.63. The van der Waals surface area contributed by atoms with Gasteiger partial charge in [-0.3, -0.25) is 0 Å². The Hall–Kier alpha value is -2.27. The second kappa shape index (κ2) is 13.4. The summed E-state index contributed by atoms with van der Waals surface area (Å²) in [5, 5.41) is 16.2. The van der Waals surface area contributed by atoms with E-state index in [4.69, 9.17) is 9.47 Å². The molecule has 2 aromatic carbocycles. The van der Waals surface area contributed by atoms with Crippen molar-refractivity contribution in [2.75, 3.05) is 38.8 Å². The van der Waals surface area contributed by atoms with Gasteiger partial charge < -0.3 is 30.1 Å². The minimum absolute atomic E-state index is 0. The van der Waals surface area contributed by atoms with Crippen LogP contribution < -0.4 is 25.0 Å². The number of aliphatic imine (C=N–C) groups is 1. The van der Waals surface area contributed by atoms with E-state index in [1.807, 2.05) is 36.1 Å². The summed E-state index contributed by atoms with van der Waals surface area (Å²) in [5.74, 6) is 1.85. The first-order chi connectivity index (χ1) is 15.5. The number of aliphatic hydroxyl groups excluding tert-OH is 1. The average Bonchev–Trinajstić information content (AvgIpc) is 2.81. The van der Waals surface area contributed by atoms with Crippen LogP contribution in [-0.2, 0) is 13.1 Å². The Kier molecular flexibility index (Phi) is 11.0. The molecule has 1 fully saturated rings. The molecule has 2 aromatic rings. The zero-order valence-corrected chi connectivity index (χ0v) is 21.8. The standard InChI is InChI=1S/C24H33FN4O3.HI/c1-4-26-24(28-16-18-6-7-20(31-2)14-23(18)32-3)27-15-17-5-8-22(21(25)13-17)29-11-9-19(30)10-12-29;/h5-8,13-14,19,30H,4,9-12,15-16H2,1-3H3,(H2,26,27,28);1H. The first-order valence-corrected chi connectivity index (χ1v) is 11.0. The first-order valence-electron chi connectivity index (χ1n) is 11.0. The number of anilines is 1. The topological polar surface area (TPSA) is 78.4 Å². The van der Waals surface area contributed by atoms with E-state index < -0.39 is 0 Å². The largest absolute Gasteiger partial charge is 0.497 e. The van der Waals surface area contributed by atoms with Crippen LogP contribution in [0.15, 0.2) is 41.4 Å². The van der Waals surface area contributed by atoms with Gasteiger partial charge >= 0.3 is 0 Å². The Morgan fingerprint density at radius 1 is 1.12 bits per heavy atom. The van der Waals surface area contributed by atoms with Crippen LogP contribution in [0.25, 0.3) is 0 Å². The van der Waals surface area contributed by atoms with Crippen molar-refractivity contribution in [1.29, 1.82) is 0 Å². The summed E-state index contributed by atoms with van der Waals surface area (Å²) in [6, 6.07) is 10.9. The molecule has 3 N–H and O–H groups in total. The second-order valence-corrected chi connectivity index (χ2v) is 7.73. The van der Waals surface area contributed by atoms with Gasteiger partial charge in [0.05, 0.1) is 32.6 Å². The lowest BCUT2D eigenvalue weighted by atomic mass is 10.1. The third-order valence-corrected chi connectivity index (χ3v) is 5.52. The van der Waals surface area contributed by atoms with Crippen molar-refractivity contribution < 1.29 is 19.0 Å². The number of halogens is 2. The van der Waals surface area contributed by atoms with Crippen molar-refractivity contribution in [2.24, 2.45) is 4.99 Å². The SMILES string of the molecule is CCNC(=NCc1ccc(N2CCC(O)CC2)c(F)c1)NCc1ccc(OC)cc1OC.I. The normalized spacial score (nSPS) is 14.5. The number of guanidine groups is 1. The van der Waals surface area contributed by atoms with Gasteiger partial charge in [0.15, 0.2) is 5.96 Å². The predicted octanol–water partition coefficient (Wildman–Crippen LogP) is 3.68. The highest BCUT2D eigenvalue weighted by Crippen LogP contribution is 2.25. The molecule has 0 spiro atoms. The monoisotopic (exact) mass is 572 g/mol. The zero-order chi connectivity index (χ0) is 22.9. The molecule has 33 heavy (non-hydrogen) atoms. The fourth-order valence-electron chi connectivity index (χ4n) is 3.70. The van der Waals surface area contributed by atoms with Crippen LogP contribution in [0, 0.1) is 5.82 Å². The van der Waals surface area contributed by atoms with E-state index in [1.54, 1.807) is 26.4 Å². The van der Waals surface area contributed by atoms with E-state index in [-0.39, 0.29) is 35.9 Å². The Labute approximate surface area is 212 Å². The Bertz CT molecular complexity index is 921. The molecule has 1 saturated heterocycles. The molecule has 1 aliphatic heterocycles. The van der Waals surface area contributed by atoms with Gasteiger partial charge in [0, 0.05) is 37.8 Å². The van der Waals surface area contributed by atoms with Gasteiger partial charge in [-0.25, -0.2) is 9.38 Å². The van der Waals surface area contributed by atoms with Crippen LogP contribution in [0.2, 0.25) is 0 Å². The van der Waals surface area contributed by atoms with Crippen molar-refractivity contribution in [1.82, 2.24) is 10.6 Å². The molecule has 0 aliphatic carbocycles. The lowest BCUT2D eigenvalue weighted by molar-refractivity contribution is 0.145. The van der Waals surface area contributed by atoms with Gasteiger partial charge in [-0.05, 0) is 49.6 Å². The second-order valence-electron chi connectivity index (χ2n) is 7.73. The van der Waals surface area contributed by atoms with Crippen molar-refractivity contribution in [3.63, 3.8) is 0 Å². The fourth-order valence-corrected chi connectivity index (χ4v) is 3.70. The van der Waals surface area contributed by atoms with E-state index in [0.717, 1.165) is 22.6 Å². The quantitative estimate of drug-likeness (QED) is 0.255. The number of benzene rings is 2. The van der Waals surface area contributed by atoms with E-state index >= 15 is 0 Å². The number of piperidine rings is 1. The molecule has 0 unspecified atom stereocenters. The van der Waals surface area contributed by atoms with Crippen LogP contribution in [0.4, 0.5) is 10.1 Å². The Balaban J connectivity index is 0.00000385. The van der Waals surface area contributed by atoms with Crippen LogP contribution in [-0.4, -0.2) is 51.0 Å². The Morgan fingerprint density at radius 2 is 1.88 bits per heavy atom. The number of rotatable bonds is 8. The highest BCUT2D eigenvalue weighted by molar-refractivity contribution is 14.0. The van der Waals surface area contributed by atoms with E-state index in [0.29, 0.717) is 57.2 Å². The van der Waals surface area contributed by atoms with Crippen LogP contribution in [0.5, 0.6) is 11.5 Å². The molecule has 0 radical (unpaired) electrons. The van der Waals surface area contributed by atoms with E-state index in [9.17, 15) is 9.50 Å². The molecule has 1 aliphatic rings. The third-order valence-electron chi connectivity index (χ3n) is 5.52. The van der Waals surface area contributed by atoms with Gasteiger partial charge in [0.25, 0.3) is 0 Å². The van der Waals surface area contributed by atoms with Gasteiger partial charge in [0.1, 0.15) is 17.3 Å². The Morgan fingerprint density at radius 3 is 2.52 bits per heavy atom. The molecule has 0 aromatic heterocycles. The number of ether oxygens (including phenoxy) is 2. The lowest BCUT2D eigenvalue weighted by Crippen LogP contribution is -2.37. The lowest BCUT2D eigenvalue weighted by Gasteiger charge is -2.31. The summed E-state index contributed by atoms with van der Waals surface area (Å²) >= 11 is 0. The number of methoxy groups -OCH3 is 2. The minimum Gasteiger partial charge on any atom is -0.497 e. The molecule has 9 heteroatoms. The molecule has 0 amide bonds. The summed E-state index contributed by atoms with van der Waals surface area (Å²) in [4.78, 5) is 6.59. The maximum atomic E-state index is 14.7. The first kappa shape index (κ1) is 27.0. The van der Waals surface area contributed by atoms with Crippen LogP contribution in [0.1, 0.15) is 30.9 Å². The summed E-state index contributed by atoms with van der Waals surface area (Å²) in [7, 11) is 3.25.